The lowest BCUT2D eigenvalue weighted by Crippen LogP contribution is -2.35. The van der Waals surface area contributed by atoms with Crippen LogP contribution >= 0.6 is 11.3 Å². The molecule has 2 aliphatic rings. The van der Waals surface area contributed by atoms with Crippen molar-refractivity contribution in [3.8, 4) is 10.4 Å². The van der Waals surface area contributed by atoms with Gasteiger partial charge in [0.1, 0.15) is 0 Å². The highest BCUT2D eigenvalue weighted by Crippen LogP contribution is 2.39. The summed E-state index contributed by atoms with van der Waals surface area (Å²) in [6, 6.07) is 10.8. The summed E-state index contributed by atoms with van der Waals surface area (Å²) in [5.41, 5.74) is 4.12. The van der Waals surface area contributed by atoms with Crippen molar-refractivity contribution in [3.05, 3.63) is 46.3 Å². The molecular formula is C18H19NOS. The first-order valence-electron chi connectivity index (χ1n) is 7.83. The van der Waals surface area contributed by atoms with Crippen LogP contribution in [-0.4, -0.2) is 23.9 Å². The van der Waals surface area contributed by atoms with Gasteiger partial charge in [0.15, 0.2) is 0 Å². The number of fused-ring (bicyclic) bond motifs is 3. The van der Waals surface area contributed by atoms with Gasteiger partial charge in [0.25, 0.3) is 5.91 Å². The first-order valence-corrected chi connectivity index (χ1v) is 8.65. The summed E-state index contributed by atoms with van der Waals surface area (Å²) in [7, 11) is 0. The lowest BCUT2D eigenvalue weighted by atomic mass is 9.91. The van der Waals surface area contributed by atoms with Crippen molar-refractivity contribution in [2.75, 3.05) is 13.1 Å². The summed E-state index contributed by atoms with van der Waals surface area (Å²) in [5, 5.41) is 0. The number of hydrogen-bond acceptors (Lipinski definition) is 2. The Bertz CT molecular complexity index is 682. The molecule has 0 radical (unpaired) electrons. The van der Waals surface area contributed by atoms with Crippen molar-refractivity contribution >= 4 is 17.2 Å². The summed E-state index contributed by atoms with van der Waals surface area (Å²) in [6.45, 7) is 1.86. The summed E-state index contributed by atoms with van der Waals surface area (Å²) < 4.78 is 0. The lowest BCUT2D eigenvalue weighted by molar-refractivity contribution is 0.0729. The van der Waals surface area contributed by atoms with Crippen LogP contribution in [0.15, 0.2) is 30.3 Å². The molecule has 0 spiro atoms. The van der Waals surface area contributed by atoms with Gasteiger partial charge in [-0.05, 0) is 54.9 Å². The molecule has 1 saturated heterocycles. The second kappa shape index (κ2) is 5.30. The van der Waals surface area contributed by atoms with Gasteiger partial charge in [-0.15, -0.1) is 11.3 Å². The van der Waals surface area contributed by atoms with E-state index in [2.05, 4.69) is 30.3 Å². The molecule has 1 aliphatic carbocycles. The van der Waals surface area contributed by atoms with E-state index in [-0.39, 0.29) is 5.91 Å². The molecule has 0 unspecified atom stereocenters. The zero-order chi connectivity index (χ0) is 14.2. The van der Waals surface area contributed by atoms with E-state index in [0.29, 0.717) is 0 Å². The Labute approximate surface area is 129 Å². The maximum absolute atomic E-state index is 12.7. The Morgan fingerprint density at radius 2 is 1.76 bits per heavy atom. The SMILES string of the molecule is O=C(c1cc2c(s1)-c1ccccc1CC2)N1CCCCC1. The van der Waals surface area contributed by atoms with Gasteiger partial charge in [-0.2, -0.15) is 0 Å². The summed E-state index contributed by atoms with van der Waals surface area (Å²) >= 11 is 1.69. The fraction of sp³-hybridized carbons (Fsp3) is 0.389. The molecule has 2 aromatic rings. The third-order valence-electron chi connectivity index (χ3n) is 4.59. The van der Waals surface area contributed by atoms with Crippen LogP contribution in [0.25, 0.3) is 10.4 Å². The molecule has 1 aromatic carbocycles. The van der Waals surface area contributed by atoms with Crippen LogP contribution in [0.2, 0.25) is 0 Å². The van der Waals surface area contributed by atoms with Gasteiger partial charge >= 0.3 is 0 Å². The van der Waals surface area contributed by atoms with Gasteiger partial charge < -0.3 is 4.90 Å². The topological polar surface area (TPSA) is 20.3 Å². The van der Waals surface area contributed by atoms with E-state index in [1.165, 1.54) is 28.0 Å². The number of piperidine rings is 1. The summed E-state index contributed by atoms with van der Waals surface area (Å²) in [4.78, 5) is 16.9. The van der Waals surface area contributed by atoms with E-state index < -0.39 is 0 Å². The average molecular weight is 297 g/mol. The number of rotatable bonds is 1. The van der Waals surface area contributed by atoms with Crippen molar-refractivity contribution in [1.29, 1.82) is 0 Å². The predicted molar refractivity (Wildman–Crippen MR) is 86.9 cm³/mol. The van der Waals surface area contributed by atoms with Gasteiger partial charge in [-0.3, -0.25) is 4.79 Å². The van der Waals surface area contributed by atoms with Gasteiger partial charge in [-0.25, -0.2) is 0 Å². The van der Waals surface area contributed by atoms with Crippen LogP contribution in [0.4, 0.5) is 0 Å². The minimum Gasteiger partial charge on any atom is -0.338 e. The van der Waals surface area contributed by atoms with Gasteiger partial charge in [0, 0.05) is 18.0 Å². The molecule has 3 heteroatoms. The number of nitrogens with zero attached hydrogens (tertiary/aromatic N) is 1. The van der Waals surface area contributed by atoms with Gasteiger partial charge in [0.05, 0.1) is 4.88 Å². The highest BCUT2D eigenvalue weighted by atomic mass is 32.1. The summed E-state index contributed by atoms with van der Waals surface area (Å²) in [6.07, 6.45) is 5.73. The monoisotopic (exact) mass is 297 g/mol. The molecular weight excluding hydrogens is 278 g/mol. The highest BCUT2D eigenvalue weighted by molar-refractivity contribution is 7.17. The molecule has 0 atom stereocenters. The Morgan fingerprint density at radius 3 is 2.62 bits per heavy atom. The van der Waals surface area contributed by atoms with Gasteiger partial charge in [-0.1, -0.05) is 24.3 Å². The smallest absolute Gasteiger partial charge is 0.263 e. The largest absolute Gasteiger partial charge is 0.338 e. The van der Waals surface area contributed by atoms with Crippen molar-refractivity contribution in [2.45, 2.75) is 32.1 Å². The molecule has 108 valence electrons. The Balaban J connectivity index is 1.68. The van der Waals surface area contributed by atoms with Crippen molar-refractivity contribution in [3.63, 3.8) is 0 Å². The number of hydrogen-bond donors (Lipinski definition) is 0. The molecule has 2 heterocycles. The van der Waals surface area contributed by atoms with E-state index in [9.17, 15) is 4.79 Å². The van der Waals surface area contributed by atoms with Crippen LogP contribution in [-0.2, 0) is 12.8 Å². The zero-order valence-corrected chi connectivity index (χ0v) is 12.9. The fourth-order valence-corrected chi connectivity index (χ4v) is 4.67. The highest BCUT2D eigenvalue weighted by Gasteiger charge is 2.24. The number of aryl methyl sites for hydroxylation is 2. The minimum atomic E-state index is 0.242. The normalized spacial score (nSPS) is 17.2. The third-order valence-corrected chi connectivity index (χ3v) is 5.79. The first-order chi connectivity index (χ1) is 10.3. The van der Waals surface area contributed by atoms with Crippen LogP contribution in [0.5, 0.6) is 0 Å². The summed E-state index contributed by atoms with van der Waals surface area (Å²) in [5.74, 6) is 0.242. The van der Waals surface area contributed by atoms with E-state index in [1.807, 2.05) is 4.90 Å². The number of carbonyl (C=O) groups is 1. The first kappa shape index (κ1) is 13.1. The molecule has 1 aliphatic heterocycles. The van der Waals surface area contributed by atoms with Crippen molar-refractivity contribution < 1.29 is 4.79 Å². The minimum absolute atomic E-state index is 0.242. The van der Waals surface area contributed by atoms with Crippen LogP contribution in [0.1, 0.15) is 40.1 Å². The number of likely N-dealkylation sites (tertiary alicyclic amines) is 1. The number of carbonyl (C=O) groups excluding carboxylic acids is 1. The molecule has 0 saturated carbocycles. The number of thiophene rings is 1. The zero-order valence-electron chi connectivity index (χ0n) is 12.1. The number of amides is 1. The van der Waals surface area contributed by atoms with E-state index in [0.717, 1.165) is 43.6 Å². The lowest BCUT2D eigenvalue weighted by Gasteiger charge is -2.26. The van der Waals surface area contributed by atoms with Crippen LogP contribution in [0, 0.1) is 0 Å². The quantitative estimate of drug-likeness (QED) is 0.774. The van der Waals surface area contributed by atoms with Crippen LogP contribution < -0.4 is 0 Å². The predicted octanol–water partition coefficient (Wildman–Crippen LogP) is 4.14. The van der Waals surface area contributed by atoms with Crippen LogP contribution in [0.3, 0.4) is 0 Å². The Morgan fingerprint density at radius 1 is 1.00 bits per heavy atom. The molecule has 1 fully saturated rings. The second-order valence-corrected chi connectivity index (χ2v) is 7.03. The number of benzene rings is 1. The molecule has 0 bridgehead atoms. The maximum Gasteiger partial charge on any atom is 0.263 e. The average Bonchev–Trinajstić information content (AvgIpc) is 2.99. The van der Waals surface area contributed by atoms with E-state index in [4.69, 9.17) is 0 Å². The Kier molecular flexibility index (Phi) is 3.30. The van der Waals surface area contributed by atoms with E-state index in [1.54, 1.807) is 11.3 Å². The second-order valence-electron chi connectivity index (χ2n) is 5.98. The third kappa shape index (κ3) is 2.30. The molecule has 21 heavy (non-hydrogen) atoms. The van der Waals surface area contributed by atoms with Gasteiger partial charge in [0.2, 0.25) is 0 Å². The maximum atomic E-state index is 12.7. The van der Waals surface area contributed by atoms with E-state index >= 15 is 0 Å². The molecule has 4 rings (SSSR count). The molecule has 0 N–H and O–H groups in total. The standard InChI is InChI=1S/C18H19NOS/c20-18(19-10-4-1-5-11-19)16-12-14-9-8-13-6-2-3-7-15(13)17(14)21-16/h2-3,6-7,12H,1,4-5,8-11H2. The van der Waals surface area contributed by atoms with Crippen molar-refractivity contribution in [1.82, 2.24) is 4.90 Å². The van der Waals surface area contributed by atoms with Crippen molar-refractivity contribution in [2.24, 2.45) is 0 Å². The molecule has 1 amide bonds. The molecule has 1 aromatic heterocycles. The molecule has 2 nitrogen and oxygen atoms in total. The Hall–Kier alpha value is -1.61. The fourth-order valence-electron chi connectivity index (χ4n) is 3.43.